The average Bonchev–Trinajstić information content (AvgIpc) is 3.30. The number of fused-ring (bicyclic) bond motifs is 1. The molecule has 0 unspecified atom stereocenters. The van der Waals surface area contributed by atoms with Crippen molar-refractivity contribution in [3.8, 4) is 0 Å². The van der Waals surface area contributed by atoms with Crippen LogP contribution in [0.25, 0.3) is 10.9 Å². The zero-order valence-electron chi connectivity index (χ0n) is 12.7. The number of amides is 1. The number of aromatic nitrogens is 1. The lowest BCUT2D eigenvalue weighted by Gasteiger charge is -2.11. The van der Waals surface area contributed by atoms with Gasteiger partial charge < -0.3 is 5.32 Å². The van der Waals surface area contributed by atoms with Gasteiger partial charge in [-0.25, -0.2) is 0 Å². The molecule has 3 rings (SSSR count). The summed E-state index contributed by atoms with van der Waals surface area (Å²) in [4.78, 5) is 17.2. The first kappa shape index (κ1) is 14.1. The van der Waals surface area contributed by atoms with E-state index in [2.05, 4.69) is 19.2 Å². The van der Waals surface area contributed by atoms with Crippen LogP contribution in [0, 0.1) is 5.92 Å². The molecule has 0 atom stereocenters. The maximum atomic E-state index is 12.5. The molecule has 0 spiro atoms. The summed E-state index contributed by atoms with van der Waals surface area (Å²) in [5, 5.41) is 3.99. The SMILES string of the molecule is CC(C)CCNC(=O)c1cc(C2CC2)nc2ccccc12. The van der Waals surface area contributed by atoms with Gasteiger partial charge in [0.1, 0.15) is 0 Å². The molecule has 1 amide bonds. The van der Waals surface area contributed by atoms with Gasteiger partial charge in [-0.2, -0.15) is 0 Å². The van der Waals surface area contributed by atoms with Crippen molar-refractivity contribution in [3.05, 3.63) is 41.6 Å². The molecule has 1 heterocycles. The van der Waals surface area contributed by atoms with Crippen molar-refractivity contribution in [2.24, 2.45) is 5.92 Å². The molecular formula is C18H22N2O. The van der Waals surface area contributed by atoms with E-state index in [9.17, 15) is 4.79 Å². The number of carbonyl (C=O) groups is 1. The van der Waals surface area contributed by atoms with E-state index in [1.165, 1.54) is 12.8 Å². The molecule has 1 aromatic heterocycles. The molecule has 110 valence electrons. The standard InChI is InChI=1S/C18H22N2O/c1-12(2)9-10-19-18(21)15-11-17(13-7-8-13)20-16-6-4-3-5-14(15)16/h3-6,11-13H,7-10H2,1-2H3,(H,19,21). The van der Waals surface area contributed by atoms with Crippen LogP contribution in [-0.4, -0.2) is 17.4 Å². The Balaban J connectivity index is 1.90. The molecular weight excluding hydrogens is 260 g/mol. The molecule has 0 radical (unpaired) electrons. The van der Waals surface area contributed by atoms with Gasteiger partial charge >= 0.3 is 0 Å². The van der Waals surface area contributed by atoms with Crippen molar-refractivity contribution >= 4 is 16.8 Å². The third-order valence-electron chi connectivity index (χ3n) is 3.98. The molecule has 3 nitrogen and oxygen atoms in total. The highest BCUT2D eigenvalue weighted by molar-refractivity contribution is 6.06. The van der Waals surface area contributed by atoms with Crippen LogP contribution in [0.3, 0.4) is 0 Å². The predicted octanol–water partition coefficient (Wildman–Crippen LogP) is 3.89. The first-order chi connectivity index (χ1) is 10.1. The van der Waals surface area contributed by atoms with E-state index < -0.39 is 0 Å². The smallest absolute Gasteiger partial charge is 0.252 e. The number of carbonyl (C=O) groups excluding carboxylic acids is 1. The van der Waals surface area contributed by atoms with Crippen LogP contribution in [0.1, 0.15) is 55.1 Å². The lowest BCUT2D eigenvalue weighted by molar-refractivity contribution is 0.0953. The Morgan fingerprint density at radius 1 is 1.33 bits per heavy atom. The van der Waals surface area contributed by atoms with Gasteiger partial charge in [-0.05, 0) is 37.3 Å². The highest BCUT2D eigenvalue weighted by Crippen LogP contribution is 2.40. The fraction of sp³-hybridized carbons (Fsp3) is 0.444. The number of hydrogen-bond donors (Lipinski definition) is 1. The van der Waals surface area contributed by atoms with Crippen molar-refractivity contribution in [1.29, 1.82) is 0 Å². The lowest BCUT2D eigenvalue weighted by atomic mass is 10.0. The molecule has 0 aliphatic heterocycles. The number of para-hydroxylation sites is 1. The fourth-order valence-electron chi connectivity index (χ4n) is 2.54. The third-order valence-corrected chi connectivity index (χ3v) is 3.98. The Labute approximate surface area is 125 Å². The van der Waals surface area contributed by atoms with Crippen molar-refractivity contribution in [3.63, 3.8) is 0 Å². The van der Waals surface area contributed by atoms with Gasteiger partial charge in [0.15, 0.2) is 0 Å². The first-order valence-electron chi connectivity index (χ1n) is 7.83. The molecule has 1 fully saturated rings. The summed E-state index contributed by atoms with van der Waals surface area (Å²) in [6.45, 7) is 5.06. The Morgan fingerprint density at radius 2 is 2.10 bits per heavy atom. The van der Waals surface area contributed by atoms with Crippen LogP contribution in [0.5, 0.6) is 0 Å². The van der Waals surface area contributed by atoms with Gasteiger partial charge in [0, 0.05) is 23.5 Å². The van der Waals surface area contributed by atoms with E-state index in [4.69, 9.17) is 4.98 Å². The van der Waals surface area contributed by atoms with Crippen molar-refractivity contribution in [2.45, 2.75) is 39.0 Å². The van der Waals surface area contributed by atoms with Gasteiger partial charge in [0.05, 0.1) is 11.1 Å². The third kappa shape index (κ3) is 3.23. The Bertz CT molecular complexity index is 659. The molecule has 0 bridgehead atoms. The van der Waals surface area contributed by atoms with E-state index in [-0.39, 0.29) is 5.91 Å². The van der Waals surface area contributed by atoms with E-state index in [0.29, 0.717) is 11.8 Å². The summed E-state index contributed by atoms with van der Waals surface area (Å²) in [5.41, 5.74) is 2.77. The number of benzene rings is 1. The van der Waals surface area contributed by atoms with Crippen LogP contribution in [0.2, 0.25) is 0 Å². The normalized spacial score (nSPS) is 14.6. The van der Waals surface area contributed by atoms with Crippen LogP contribution in [-0.2, 0) is 0 Å². The maximum absolute atomic E-state index is 12.5. The minimum absolute atomic E-state index is 0.0242. The molecule has 1 aliphatic rings. The van der Waals surface area contributed by atoms with Crippen LogP contribution >= 0.6 is 0 Å². The molecule has 21 heavy (non-hydrogen) atoms. The summed E-state index contributed by atoms with van der Waals surface area (Å²) < 4.78 is 0. The summed E-state index contributed by atoms with van der Waals surface area (Å²) in [6, 6.07) is 9.91. The molecule has 1 aliphatic carbocycles. The second-order valence-corrected chi connectivity index (χ2v) is 6.32. The van der Waals surface area contributed by atoms with Crippen LogP contribution < -0.4 is 5.32 Å². The molecule has 3 heteroatoms. The Hall–Kier alpha value is -1.90. The minimum Gasteiger partial charge on any atom is -0.352 e. The van der Waals surface area contributed by atoms with Crippen molar-refractivity contribution < 1.29 is 4.79 Å². The van der Waals surface area contributed by atoms with E-state index in [0.717, 1.165) is 35.1 Å². The van der Waals surface area contributed by atoms with Gasteiger partial charge in [-0.1, -0.05) is 32.0 Å². The van der Waals surface area contributed by atoms with E-state index in [1.807, 2.05) is 30.3 Å². The zero-order chi connectivity index (χ0) is 14.8. The van der Waals surface area contributed by atoms with Crippen molar-refractivity contribution in [2.75, 3.05) is 6.54 Å². The van der Waals surface area contributed by atoms with E-state index >= 15 is 0 Å². The minimum atomic E-state index is 0.0242. The van der Waals surface area contributed by atoms with Crippen LogP contribution in [0.4, 0.5) is 0 Å². The monoisotopic (exact) mass is 282 g/mol. The first-order valence-corrected chi connectivity index (χ1v) is 7.83. The number of pyridine rings is 1. The van der Waals surface area contributed by atoms with Gasteiger partial charge in [-0.15, -0.1) is 0 Å². The summed E-state index contributed by atoms with van der Waals surface area (Å²) in [5.74, 6) is 1.18. The number of rotatable bonds is 5. The van der Waals surface area contributed by atoms with Gasteiger partial charge in [0.25, 0.3) is 5.91 Å². The fourth-order valence-corrected chi connectivity index (χ4v) is 2.54. The molecule has 0 saturated heterocycles. The van der Waals surface area contributed by atoms with E-state index in [1.54, 1.807) is 0 Å². The Morgan fingerprint density at radius 3 is 2.81 bits per heavy atom. The maximum Gasteiger partial charge on any atom is 0.252 e. The second kappa shape index (κ2) is 5.84. The molecule has 1 N–H and O–H groups in total. The summed E-state index contributed by atoms with van der Waals surface area (Å²) in [6.07, 6.45) is 3.39. The van der Waals surface area contributed by atoms with Gasteiger partial charge in [-0.3, -0.25) is 9.78 Å². The summed E-state index contributed by atoms with van der Waals surface area (Å²) >= 11 is 0. The lowest BCUT2D eigenvalue weighted by Crippen LogP contribution is -2.25. The number of nitrogens with one attached hydrogen (secondary N) is 1. The highest BCUT2D eigenvalue weighted by Gasteiger charge is 2.26. The molecule has 1 aromatic carbocycles. The predicted molar refractivity (Wildman–Crippen MR) is 85.5 cm³/mol. The largest absolute Gasteiger partial charge is 0.352 e. The van der Waals surface area contributed by atoms with Crippen LogP contribution in [0.15, 0.2) is 30.3 Å². The average molecular weight is 282 g/mol. The molecule has 1 saturated carbocycles. The van der Waals surface area contributed by atoms with Crippen molar-refractivity contribution in [1.82, 2.24) is 10.3 Å². The second-order valence-electron chi connectivity index (χ2n) is 6.32. The topological polar surface area (TPSA) is 42.0 Å². The zero-order valence-corrected chi connectivity index (χ0v) is 12.7. The number of hydrogen-bond acceptors (Lipinski definition) is 2. The highest BCUT2D eigenvalue weighted by atomic mass is 16.1. The number of nitrogens with zero attached hydrogens (tertiary/aromatic N) is 1. The van der Waals surface area contributed by atoms with Gasteiger partial charge in [0.2, 0.25) is 0 Å². The quantitative estimate of drug-likeness (QED) is 0.904. The summed E-state index contributed by atoms with van der Waals surface area (Å²) in [7, 11) is 0. The Kier molecular flexibility index (Phi) is 3.91. The molecule has 2 aromatic rings.